The van der Waals surface area contributed by atoms with Crippen molar-refractivity contribution in [2.75, 3.05) is 0 Å². The second kappa shape index (κ2) is 7.69. The number of rotatable bonds is 6. The molecule has 0 saturated carbocycles. The highest BCUT2D eigenvalue weighted by molar-refractivity contribution is 5.97. The third-order valence-corrected chi connectivity index (χ3v) is 4.35. The van der Waals surface area contributed by atoms with Crippen LogP contribution in [-0.4, -0.2) is 21.4 Å². The van der Waals surface area contributed by atoms with Crippen LogP contribution in [0.1, 0.15) is 40.5 Å². The number of aromatic nitrogens is 2. The summed E-state index contributed by atoms with van der Waals surface area (Å²) >= 11 is 0. The Morgan fingerprint density at radius 3 is 1.17 bits per heavy atom. The van der Waals surface area contributed by atoms with E-state index in [4.69, 9.17) is 9.68 Å². The van der Waals surface area contributed by atoms with Crippen LogP contribution in [0.4, 0.5) is 0 Å². The predicted molar refractivity (Wildman–Crippen MR) is 107 cm³/mol. The van der Waals surface area contributed by atoms with Gasteiger partial charge in [0.05, 0.1) is 34.4 Å². The molecule has 0 saturated heterocycles. The van der Waals surface area contributed by atoms with E-state index >= 15 is 0 Å². The van der Waals surface area contributed by atoms with Crippen LogP contribution in [0.25, 0.3) is 21.5 Å². The van der Waals surface area contributed by atoms with Crippen LogP contribution in [-0.2, 0) is 9.59 Å². The largest absolute Gasteiger partial charge is 0.333 e. The van der Waals surface area contributed by atoms with Crippen molar-refractivity contribution in [3.8, 4) is 0 Å². The van der Waals surface area contributed by atoms with E-state index in [1.165, 1.54) is 0 Å². The molecule has 0 amide bonds. The highest BCUT2D eigenvalue weighted by Gasteiger charge is 2.23. The molecule has 10 heteroatoms. The van der Waals surface area contributed by atoms with E-state index < -0.39 is 34.2 Å². The summed E-state index contributed by atoms with van der Waals surface area (Å²) in [5.41, 5.74) is -3.70. The number of benzene rings is 1. The molecule has 3 rings (SSSR count). The lowest BCUT2D eigenvalue weighted by molar-refractivity contribution is -0.146. The number of hydrogen-bond acceptors (Lipinski definition) is 8. The zero-order valence-electron chi connectivity index (χ0n) is 16.9. The molecule has 30 heavy (non-hydrogen) atoms. The molecule has 0 spiro atoms. The van der Waals surface area contributed by atoms with Gasteiger partial charge in [-0.2, -0.15) is 0 Å². The molecule has 3 aromatic rings. The molecular weight excluding hydrogens is 396 g/mol. The molecule has 0 aliphatic carbocycles. The number of hydrogen-bond donors (Lipinski definition) is 0. The Kier molecular flexibility index (Phi) is 5.43. The third-order valence-electron chi connectivity index (χ3n) is 4.35. The second-order valence-electron chi connectivity index (χ2n) is 7.88. The van der Waals surface area contributed by atoms with Gasteiger partial charge >= 0.3 is 11.9 Å². The summed E-state index contributed by atoms with van der Waals surface area (Å²) in [6, 6.07) is 2.13. The van der Waals surface area contributed by atoms with Gasteiger partial charge in [0.25, 0.3) is 22.2 Å². The van der Waals surface area contributed by atoms with Gasteiger partial charge in [-0.3, -0.25) is 19.2 Å². The Labute approximate surface area is 168 Å². The van der Waals surface area contributed by atoms with Crippen LogP contribution in [0.3, 0.4) is 0 Å². The SMILES string of the molecule is CC(C)CC(=O)On1c(=O)c2cc3c(=O)n(OC(=O)CC(C)C)c(=O)c3cc2c1=O. The molecule has 0 aliphatic rings. The maximum atomic E-state index is 12.5. The minimum absolute atomic E-state index is 0.00240. The van der Waals surface area contributed by atoms with Gasteiger partial charge in [0.15, 0.2) is 0 Å². The summed E-state index contributed by atoms with van der Waals surface area (Å²) < 4.78 is 0.639. The first-order valence-electron chi connectivity index (χ1n) is 9.38. The summed E-state index contributed by atoms with van der Waals surface area (Å²) in [5.74, 6) is -1.61. The van der Waals surface area contributed by atoms with Gasteiger partial charge in [-0.15, -0.1) is 0 Å². The number of fused-ring (bicyclic) bond motifs is 2. The van der Waals surface area contributed by atoms with Gasteiger partial charge in [0.2, 0.25) is 0 Å². The van der Waals surface area contributed by atoms with Gasteiger partial charge in [-0.1, -0.05) is 37.2 Å². The minimum atomic E-state index is -0.926. The molecule has 158 valence electrons. The summed E-state index contributed by atoms with van der Waals surface area (Å²) in [5, 5.41) is -0.750. The first kappa shape index (κ1) is 21.2. The molecule has 0 atom stereocenters. The van der Waals surface area contributed by atoms with Crippen molar-refractivity contribution in [1.29, 1.82) is 0 Å². The molecular formula is C20H20N2O8. The van der Waals surface area contributed by atoms with Crippen molar-refractivity contribution < 1.29 is 19.3 Å². The van der Waals surface area contributed by atoms with Crippen molar-refractivity contribution in [2.45, 2.75) is 40.5 Å². The zero-order chi connectivity index (χ0) is 22.3. The maximum Gasteiger partial charge on any atom is 0.333 e. The normalized spacial score (nSPS) is 11.7. The zero-order valence-corrected chi connectivity index (χ0v) is 16.9. The third kappa shape index (κ3) is 3.68. The Balaban J connectivity index is 2.12. The molecule has 1 aromatic carbocycles. The van der Waals surface area contributed by atoms with Crippen LogP contribution < -0.4 is 31.9 Å². The average Bonchev–Trinajstić information content (AvgIpc) is 3.00. The van der Waals surface area contributed by atoms with E-state index in [9.17, 15) is 28.8 Å². The smallest absolute Gasteiger partial charge is 0.330 e. The highest BCUT2D eigenvalue weighted by atomic mass is 16.7. The fraction of sp³-hybridized carbons (Fsp3) is 0.400. The molecule has 0 fully saturated rings. The topological polar surface area (TPSA) is 131 Å². The lowest BCUT2D eigenvalue weighted by atomic mass is 10.1. The standard InChI is InChI=1S/C20H20N2O8/c1-9(2)5-15(23)29-21-17(25)11-7-13-14(8-12(11)18(21)26)20(28)22(19(13)27)30-16(24)6-10(3)4/h7-10H,5-6H2,1-4H3. The van der Waals surface area contributed by atoms with Gasteiger partial charge in [-0.05, 0) is 24.0 Å². The van der Waals surface area contributed by atoms with Crippen molar-refractivity contribution >= 4 is 33.5 Å². The minimum Gasteiger partial charge on any atom is -0.330 e. The number of nitrogens with zero attached hydrogens (tertiary/aromatic N) is 2. The van der Waals surface area contributed by atoms with Gasteiger partial charge in [-0.25, -0.2) is 9.59 Å². The van der Waals surface area contributed by atoms with Crippen molar-refractivity contribution in [3.05, 3.63) is 53.5 Å². The molecule has 0 radical (unpaired) electrons. The van der Waals surface area contributed by atoms with Crippen molar-refractivity contribution in [1.82, 2.24) is 9.46 Å². The summed E-state index contributed by atoms with van der Waals surface area (Å²) in [6.45, 7) is 7.08. The molecule has 10 nitrogen and oxygen atoms in total. The van der Waals surface area contributed by atoms with Crippen LogP contribution in [0.5, 0.6) is 0 Å². The Bertz CT molecular complexity index is 1190. The lowest BCUT2D eigenvalue weighted by Crippen LogP contribution is -2.36. The number of carbonyl (C=O) groups is 2. The fourth-order valence-electron chi connectivity index (χ4n) is 3.04. The maximum absolute atomic E-state index is 12.5. The van der Waals surface area contributed by atoms with E-state index in [1.807, 2.05) is 0 Å². The Hall–Kier alpha value is -3.56. The summed E-state index contributed by atoms with van der Waals surface area (Å²) in [6.07, 6.45) is -0.00480. The number of carbonyl (C=O) groups excluding carboxylic acids is 2. The van der Waals surface area contributed by atoms with Crippen LogP contribution in [0.15, 0.2) is 31.3 Å². The lowest BCUT2D eigenvalue weighted by Gasteiger charge is -2.04. The molecule has 2 aromatic heterocycles. The quantitative estimate of drug-likeness (QED) is 0.545. The van der Waals surface area contributed by atoms with E-state index in [0.29, 0.717) is 9.46 Å². The van der Waals surface area contributed by atoms with E-state index in [0.717, 1.165) is 12.1 Å². The first-order valence-corrected chi connectivity index (χ1v) is 9.38. The second-order valence-corrected chi connectivity index (χ2v) is 7.88. The monoisotopic (exact) mass is 416 g/mol. The molecule has 0 bridgehead atoms. The summed E-state index contributed by atoms with van der Waals surface area (Å²) in [4.78, 5) is 83.6. The molecule has 0 unspecified atom stereocenters. The molecule has 0 N–H and O–H groups in total. The van der Waals surface area contributed by atoms with Crippen LogP contribution in [0.2, 0.25) is 0 Å². The Morgan fingerprint density at radius 2 is 0.933 bits per heavy atom. The first-order chi connectivity index (χ1) is 14.0. The van der Waals surface area contributed by atoms with E-state index in [1.54, 1.807) is 27.7 Å². The van der Waals surface area contributed by atoms with E-state index in [-0.39, 0.29) is 46.2 Å². The molecule has 0 aliphatic heterocycles. The fourth-order valence-corrected chi connectivity index (χ4v) is 3.04. The Morgan fingerprint density at radius 1 is 0.667 bits per heavy atom. The van der Waals surface area contributed by atoms with Gasteiger partial charge in [0.1, 0.15) is 0 Å². The summed E-state index contributed by atoms with van der Waals surface area (Å²) in [7, 11) is 0. The van der Waals surface area contributed by atoms with Gasteiger partial charge < -0.3 is 9.68 Å². The van der Waals surface area contributed by atoms with E-state index in [2.05, 4.69) is 0 Å². The highest BCUT2D eigenvalue weighted by Crippen LogP contribution is 2.14. The van der Waals surface area contributed by atoms with Crippen LogP contribution >= 0.6 is 0 Å². The van der Waals surface area contributed by atoms with Crippen molar-refractivity contribution in [3.63, 3.8) is 0 Å². The van der Waals surface area contributed by atoms with Crippen molar-refractivity contribution in [2.24, 2.45) is 11.8 Å². The predicted octanol–water partition coefficient (Wildman–Crippen LogP) is -0.0850. The average molecular weight is 416 g/mol. The van der Waals surface area contributed by atoms with Crippen LogP contribution in [0, 0.1) is 11.8 Å². The van der Waals surface area contributed by atoms with Gasteiger partial charge in [0, 0.05) is 0 Å². The molecule has 2 heterocycles.